The Kier molecular flexibility index (Phi) is 7.80. The van der Waals surface area contributed by atoms with Crippen molar-refractivity contribution in [3.63, 3.8) is 0 Å². The smallest absolute Gasteiger partial charge is 0.244 e. The summed E-state index contributed by atoms with van der Waals surface area (Å²) >= 11 is 3.37. The van der Waals surface area contributed by atoms with Crippen molar-refractivity contribution in [1.82, 2.24) is 10.2 Å². The number of benzene rings is 2. The van der Waals surface area contributed by atoms with Gasteiger partial charge in [0.05, 0.1) is 11.9 Å². The number of para-hydroxylation sites is 1. The fourth-order valence-electron chi connectivity index (χ4n) is 2.79. The Bertz CT molecular complexity index is 949. The summed E-state index contributed by atoms with van der Waals surface area (Å²) < 4.78 is 26.6. The van der Waals surface area contributed by atoms with E-state index in [1.54, 1.807) is 37.3 Å². The molecule has 1 atom stereocenters. The molecule has 0 radical (unpaired) electrons. The Hall–Kier alpha value is -2.39. The Morgan fingerprint density at radius 2 is 1.66 bits per heavy atom. The van der Waals surface area contributed by atoms with Crippen LogP contribution in [0.25, 0.3) is 0 Å². The van der Waals surface area contributed by atoms with Gasteiger partial charge in [0.2, 0.25) is 21.8 Å². The molecule has 2 aromatic carbocycles. The summed E-state index contributed by atoms with van der Waals surface area (Å²) in [6.45, 7) is 1.39. The highest BCUT2D eigenvalue weighted by atomic mass is 79.9. The maximum Gasteiger partial charge on any atom is 0.244 e. The van der Waals surface area contributed by atoms with Crippen LogP contribution in [0.15, 0.2) is 59.1 Å². The molecule has 0 aliphatic rings. The number of nitrogens with zero attached hydrogens (tertiary/aromatic N) is 2. The molecule has 0 fully saturated rings. The zero-order valence-corrected chi connectivity index (χ0v) is 18.9. The molecular weight excluding hydrogens is 458 g/mol. The molecule has 1 unspecified atom stereocenters. The van der Waals surface area contributed by atoms with Crippen LogP contribution in [-0.2, 0) is 26.2 Å². The average molecular weight is 482 g/mol. The van der Waals surface area contributed by atoms with Gasteiger partial charge in [-0.3, -0.25) is 13.9 Å². The van der Waals surface area contributed by atoms with Gasteiger partial charge in [-0.15, -0.1) is 0 Å². The summed E-state index contributed by atoms with van der Waals surface area (Å²) in [5.41, 5.74) is 1.21. The highest BCUT2D eigenvalue weighted by Gasteiger charge is 2.29. The van der Waals surface area contributed by atoms with Crippen molar-refractivity contribution in [3.8, 4) is 0 Å². The molecule has 0 spiro atoms. The molecule has 0 heterocycles. The third kappa shape index (κ3) is 6.30. The van der Waals surface area contributed by atoms with E-state index in [0.29, 0.717) is 5.69 Å². The van der Waals surface area contributed by atoms with Gasteiger partial charge in [0.15, 0.2) is 0 Å². The van der Waals surface area contributed by atoms with Crippen molar-refractivity contribution in [2.24, 2.45) is 0 Å². The third-order valence-corrected chi connectivity index (χ3v) is 6.07. The van der Waals surface area contributed by atoms with Crippen LogP contribution in [0.5, 0.6) is 0 Å². The Morgan fingerprint density at radius 1 is 1.07 bits per heavy atom. The highest BCUT2D eigenvalue weighted by Crippen LogP contribution is 2.19. The molecule has 2 amide bonds. The predicted molar refractivity (Wildman–Crippen MR) is 117 cm³/mol. The van der Waals surface area contributed by atoms with E-state index in [9.17, 15) is 18.0 Å². The molecule has 0 aromatic heterocycles. The van der Waals surface area contributed by atoms with Crippen molar-refractivity contribution < 1.29 is 18.0 Å². The van der Waals surface area contributed by atoms with Gasteiger partial charge >= 0.3 is 0 Å². The van der Waals surface area contributed by atoms with Gasteiger partial charge in [-0.1, -0.05) is 46.3 Å². The summed E-state index contributed by atoms with van der Waals surface area (Å²) in [5.74, 6) is -0.806. The van der Waals surface area contributed by atoms with Crippen molar-refractivity contribution in [1.29, 1.82) is 0 Å². The Balaban J connectivity index is 2.34. The van der Waals surface area contributed by atoms with E-state index < -0.39 is 28.5 Å². The van der Waals surface area contributed by atoms with Crippen LogP contribution in [0.1, 0.15) is 12.5 Å². The fraction of sp³-hybridized carbons (Fsp3) is 0.300. The van der Waals surface area contributed by atoms with E-state index in [-0.39, 0.29) is 12.5 Å². The normalized spacial score (nSPS) is 12.1. The molecule has 7 nitrogen and oxygen atoms in total. The van der Waals surface area contributed by atoms with E-state index in [4.69, 9.17) is 0 Å². The maximum atomic E-state index is 13.1. The number of halogens is 1. The second-order valence-electron chi connectivity index (χ2n) is 6.54. The monoisotopic (exact) mass is 481 g/mol. The van der Waals surface area contributed by atoms with E-state index in [2.05, 4.69) is 21.2 Å². The predicted octanol–water partition coefficient (Wildman–Crippen LogP) is 2.38. The van der Waals surface area contributed by atoms with Crippen LogP contribution < -0.4 is 9.62 Å². The van der Waals surface area contributed by atoms with E-state index in [1.165, 1.54) is 11.9 Å². The van der Waals surface area contributed by atoms with Crippen LogP contribution in [0.2, 0.25) is 0 Å². The zero-order chi connectivity index (χ0) is 21.6. The first-order valence-corrected chi connectivity index (χ1v) is 11.6. The number of nitrogens with one attached hydrogen (secondary N) is 1. The second kappa shape index (κ2) is 9.89. The molecule has 1 N–H and O–H groups in total. The van der Waals surface area contributed by atoms with Gasteiger partial charge in [0, 0.05) is 18.1 Å². The fourth-order valence-corrected chi connectivity index (χ4v) is 3.90. The number of carbonyl (C=O) groups excluding carboxylic acids is 2. The second-order valence-corrected chi connectivity index (χ2v) is 9.37. The SMILES string of the molecule is CNC(=O)C(C)N(Cc1ccc(Br)cc1)C(=O)CN(c1ccccc1)S(C)(=O)=O. The van der Waals surface area contributed by atoms with E-state index in [1.807, 2.05) is 24.3 Å². The van der Waals surface area contributed by atoms with Crippen molar-refractivity contribution in [2.45, 2.75) is 19.5 Å². The minimum atomic E-state index is -3.70. The number of hydrogen-bond acceptors (Lipinski definition) is 4. The first-order valence-electron chi connectivity index (χ1n) is 8.91. The lowest BCUT2D eigenvalue weighted by Crippen LogP contribution is -2.50. The average Bonchev–Trinajstić information content (AvgIpc) is 2.70. The van der Waals surface area contributed by atoms with Crippen molar-refractivity contribution >= 4 is 43.5 Å². The molecule has 0 aliphatic carbocycles. The lowest BCUT2D eigenvalue weighted by atomic mass is 10.1. The van der Waals surface area contributed by atoms with Crippen LogP contribution >= 0.6 is 15.9 Å². The molecule has 9 heteroatoms. The number of amides is 2. The van der Waals surface area contributed by atoms with Crippen LogP contribution in [0, 0.1) is 0 Å². The number of hydrogen-bond donors (Lipinski definition) is 1. The van der Waals surface area contributed by atoms with Gasteiger partial charge < -0.3 is 10.2 Å². The zero-order valence-electron chi connectivity index (χ0n) is 16.5. The minimum Gasteiger partial charge on any atom is -0.357 e. The number of sulfonamides is 1. The molecule has 2 aromatic rings. The van der Waals surface area contributed by atoms with E-state index in [0.717, 1.165) is 20.6 Å². The molecule has 0 saturated heterocycles. The highest BCUT2D eigenvalue weighted by molar-refractivity contribution is 9.10. The molecule has 0 aliphatic heterocycles. The maximum absolute atomic E-state index is 13.1. The third-order valence-electron chi connectivity index (χ3n) is 4.40. The Morgan fingerprint density at radius 3 is 2.17 bits per heavy atom. The molecule has 0 saturated carbocycles. The lowest BCUT2D eigenvalue weighted by molar-refractivity contribution is -0.139. The molecule has 0 bridgehead atoms. The standard InChI is InChI=1S/C20H24BrN3O4S/c1-15(20(26)22-2)23(13-16-9-11-17(21)12-10-16)19(25)14-24(29(3,27)28)18-7-5-4-6-8-18/h4-12,15H,13-14H2,1-3H3,(H,22,26). The number of rotatable bonds is 8. The van der Waals surface area contributed by atoms with Crippen LogP contribution in [0.4, 0.5) is 5.69 Å². The van der Waals surface area contributed by atoms with Gasteiger partial charge in [-0.2, -0.15) is 0 Å². The topological polar surface area (TPSA) is 86.8 Å². The summed E-state index contributed by atoms with van der Waals surface area (Å²) in [5, 5.41) is 2.54. The minimum absolute atomic E-state index is 0.174. The molecule has 156 valence electrons. The quantitative estimate of drug-likeness (QED) is 0.626. The lowest BCUT2D eigenvalue weighted by Gasteiger charge is -2.31. The molecular formula is C20H24BrN3O4S. The van der Waals surface area contributed by atoms with E-state index >= 15 is 0 Å². The number of likely N-dealkylation sites (N-methyl/N-ethyl adjacent to an activating group) is 1. The van der Waals surface area contributed by atoms with Crippen LogP contribution in [-0.4, -0.2) is 51.0 Å². The summed E-state index contributed by atoms with van der Waals surface area (Å²) in [4.78, 5) is 26.7. The van der Waals surface area contributed by atoms with Crippen molar-refractivity contribution in [2.75, 3.05) is 24.2 Å². The largest absolute Gasteiger partial charge is 0.357 e. The first-order chi connectivity index (χ1) is 13.6. The van der Waals surface area contributed by atoms with Crippen molar-refractivity contribution in [3.05, 3.63) is 64.6 Å². The molecule has 2 rings (SSSR count). The van der Waals surface area contributed by atoms with Gasteiger partial charge in [-0.25, -0.2) is 8.42 Å². The molecule has 29 heavy (non-hydrogen) atoms. The first kappa shape index (κ1) is 22.9. The number of anilines is 1. The van der Waals surface area contributed by atoms with Gasteiger partial charge in [-0.05, 0) is 36.8 Å². The summed E-state index contributed by atoms with van der Waals surface area (Å²) in [7, 11) is -2.20. The van der Waals surface area contributed by atoms with Gasteiger partial charge in [0.1, 0.15) is 12.6 Å². The summed E-state index contributed by atoms with van der Waals surface area (Å²) in [6, 6.07) is 15.0. The van der Waals surface area contributed by atoms with Crippen LogP contribution in [0.3, 0.4) is 0 Å². The Labute approximate surface area is 179 Å². The number of carbonyl (C=O) groups is 2. The summed E-state index contributed by atoms with van der Waals surface area (Å²) in [6.07, 6.45) is 1.05. The van der Waals surface area contributed by atoms with Gasteiger partial charge in [0.25, 0.3) is 0 Å².